The molecule has 1 aliphatic rings. The Labute approximate surface area is 201 Å². The van der Waals surface area contributed by atoms with E-state index < -0.39 is 12.1 Å². The monoisotopic (exact) mass is 474 g/mol. The Bertz CT molecular complexity index is 1340. The summed E-state index contributed by atoms with van der Waals surface area (Å²) in [5, 5.41) is 15.1. The zero-order chi connectivity index (χ0) is 24.4. The fourth-order valence-electron chi connectivity index (χ4n) is 4.10. The van der Waals surface area contributed by atoms with Crippen LogP contribution in [0.5, 0.6) is 0 Å². The maximum absolute atomic E-state index is 13.3. The lowest BCUT2D eigenvalue weighted by molar-refractivity contribution is -0.159. The third-order valence-corrected chi connectivity index (χ3v) is 5.82. The van der Waals surface area contributed by atoms with E-state index in [0.29, 0.717) is 49.3 Å². The number of carbonyl (C=O) groups excluding carboxylic acids is 2. The van der Waals surface area contributed by atoms with Crippen molar-refractivity contribution in [3.63, 3.8) is 0 Å². The van der Waals surface area contributed by atoms with Crippen molar-refractivity contribution < 1.29 is 14.3 Å². The predicted octanol–water partition coefficient (Wildman–Crippen LogP) is 2.46. The number of ether oxygens (including phenoxy) is 1. The molecule has 0 bridgehead atoms. The van der Waals surface area contributed by atoms with Crippen molar-refractivity contribution in [1.82, 2.24) is 29.7 Å². The SMILES string of the molecule is CC(=O)OC(C(=O)N1CCN(c2nc(Nc3cc(C)[nH]n3)c3cccn3n2)CC1)c1ccccc1. The number of benzene rings is 1. The first kappa shape index (κ1) is 22.4. The Hall–Kier alpha value is -4.41. The standard InChI is InChI=1S/C24H26N8O3/c1-16-15-20(28-27-16)25-22-19-9-6-10-32(19)29-24(26-22)31-13-11-30(12-14-31)23(34)21(35-17(2)33)18-7-4-3-5-8-18/h3-10,15,21H,11-14H2,1-2H3,(H2,25,26,27,28,29). The number of aryl methyl sites for hydroxylation is 1. The van der Waals surface area contributed by atoms with Gasteiger partial charge < -0.3 is 19.9 Å². The summed E-state index contributed by atoms with van der Waals surface area (Å²) in [6.45, 7) is 5.24. The largest absolute Gasteiger partial charge is 0.447 e. The van der Waals surface area contributed by atoms with Crippen LogP contribution in [0.2, 0.25) is 0 Å². The molecule has 1 amide bonds. The van der Waals surface area contributed by atoms with E-state index in [1.165, 1.54) is 6.92 Å². The second kappa shape index (κ2) is 9.45. The number of aromatic amines is 1. The summed E-state index contributed by atoms with van der Waals surface area (Å²) in [4.78, 5) is 33.4. The zero-order valence-electron chi connectivity index (χ0n) is 19.5. The fraction of sp³-hybridized carbons (Fsp3) is 0.292. The van der Waals surface area contributed by atoms with Gasteiger partial charge in [0, 0.05) is 56.6 Å². The van der Waals surface area contributed by atoms with E-state index in [1.54, 1.807) is 21.5 Å². The Morgan fingerprint density at radius 3 is 2.54 bits per heavy atom. The van der Waals surface area contributed by atoms with Crippen molar-refractivity contribution in [3.05, 3.63) is 66.0 Å². The molecular weight excluding hydrogens is 448 g/mol. The molecule has 11 heteroatoms. The molecular formula is C24H26N8O3. The van der Waals surface area contributed by atoms with Gasteiger partial charge in [0.1, 0.15) is 5.52 Å². The van der Waals surface area contributed by atoms with Crippen LogP contribution in [0.15, 0.2) is 54.7 Å². The van der Waals surface area contributed by atoms with Gasteiger partial charge in [0.05, 0.1) is 0 Å². The normalized spacial score (nSPS) is 14.7. The Morgan fingerprint density at radius 2 is 1.86 bits per heavy atom. The third kappa shape index (κ3) is 4.79. The van der Waals surface area contributed by atoms with Gasteiger partial charge in [0.2, 0.25) is 12.1 Å². The maximum atomic E-state index is 13.3. The van der Waals surface area contributed by atoms with E-state index in [1.807, 2.05) is 54.4 Å². The molecule has 1 saturated heterocycles. The second-order valence-corrected chi connectivity index (χ2v) is 8.37. The quantitative estimate of drug-likeness (QED) is 0.409. The van der Waals surface area contributed by atoms with Gasteiger partial charge in [-0.05, 0) is 19.1 Å². The third-order valence-electron chi connectivity index (χ3n) is 5.82. The maximum Gasteiger partial charge on any atom is 0.303 e. The zero-order valence-corrected chi connectivity index (χ0v) is 19.5. The predicted molar refractivity (Wildman–Crippen MR) is 129 cm³/mol. The van der Waals surface area contributed by atoms with E-state index in [2.05, 4.69) is 20.6 Å². The molecule has 4 aromatic rings. The van der Waals surface area contributed by atoms with Crippen LogP contribution in [0.25, 0.3) is 5.52 Å². The first-order chi connectivity index (χ1) is 17.0. The molecule has 180 valence electrons. The molecule has 1 aliphatic heterocycles. The minimum Gasteiger partial charge on any atom is -0.447 e. The number of anilines is 3. The second-order valence-electron chi connectivity index (χ2n) is 8.37. The summed E-state index contributed by atoms with van der Waals surface area (Å²) >= 11 is 0. The highest BCUT2D eigenvalue weighted by molar-refractivity contribution is 5.85. The van der Waals surface area contributed by atoms with Crippen LogP contribution in [0, 0.1) is 6.92 Å². The van der Waals surface area contributed by atoms with Gasteiger partial charge in [0.25, 0.3) is 5.91 Å². The number of H-pyrrole nitrogens is 1. The van der Waals surface area contributed by atoms with Crippen LogP contribution in [0.4, 0.5) is 17.6 Å². The number of hydrogen-bond donors (Lipinski definition) is 2. The fourth-order valence-corrected chi connectivity index (χ4v) is 4.10. The lowest BCUT2D eigenvalue weighted by Gasteiger charge is -2.36. The first-order valence-corrected chi connectivity index (χ1v) is 11.4. The lowest BCUT2D eigenvalue weighted by atomic mass is 10.1. The molecule has 2 N–H and O–H groups in total. The molecule has 1 aromatic carbocycles. The lowest BCUT2D eigenvalue weighted by Crippen LogP contribution is -2.51. The van der Waals surface area contributed by atoms with Gasteiger partial charge in [-0.15, -0.1) is 5.10 Å². The van der Waals surface area contributed by atoms with E-state index >= 15 is 0 Å². The topological polar surface area (TPSA) is 121 Å². The van der Waals surface area contributed by atoms with Crippen molar-refractivity contribution in [2.45, 2.75) is 20.0 Å². The molecule has 1 atom stereocenters. The van der Waals surface area contributed by atoms with Gasteiger partial charge in [-0.25, -0.2) is 4.52 Å². The summed E-state index contributed by atoms with van der Waals surface area (Å²) in [5.74, 6) is 1.14. The van der Waals surface area contributed by atoms with Crippen molar-refractivity contribution in [1.29, 1.82) is 0 Å². The van der Waals surface area contributed by atoms with E-state index in [0.717, 1.165) is 11.2 Å². The van der Waals surface area contributed by atoms with E-state index in [9.17, 15) is 9.59 Å². The summed E-state index contributed by atoms with van der Waals surface area (Å²) in [7, 11) is 0. The van der Waals surface area contributed by atoms with Crippen LogP contribution in [0.1, 0.15) is 24.3 Å². The van der Waals surface area contributed by atoms with Crippen molar-refractivity contribution in [2.24, 2.45) is 0 Å². The van der Waals surface area contributed by atoms with E-state index in [-0.39, 0.29) is 5.91 Å². The molecule has 5 rings (SSSR count). The highest BCUT2D eigenvalue weighted by Gasteiger charge is 2.31. The smallest absolute Gasteiger partial charge is 0.303 e. The highest BCUT2D eigenvalue weighted by atomic mass is 16.5. The minimum atomic E-state index is -0.958. The van der Waals surface area contributed by atoms with Crippen LogP contribution in [-0.2, 0) is 14.3 Å². The van der Waals surface area contributed by atoms with Gasteiger partial charge in [0.15, 0.2) is 11.6 Å². The number of nitrogens with zero attached hydrogens (tertiary/aromatic N) is 6. The van der Waals surface area contributed by atoms with Crippen LogP contribution < -0.4 is 10.2 Å². The van der Waals surface area contributed by atoms with Crippen LogP contribution in [-0.4, -0.2) is 67.8 Å². The van der Waals surface area contributed by atoms with Crippen molar-refractivity contribution in [2.75, 3.05) is 36.4 Å². The number of carbonyl (C=O) groups is 2. The van der Waals surface area contributed by atoms with Crippen molar-refractivity contribution >= 4 is 35.0 Å². The van der Waals surface area contributed by atoms with Crippen LogP contribution >= 0.6 is 0 Å². The molecule has 35 heavy (non-hydrogen) atoms. The van der Waals surface area contributed by atoms with Crippen LogP contribution in [0.3, 0.4) is 0 Å². The molecule has 3 aromatic heterocycles. The molecule has 0 aliphatic carbocycles. The average Bonchev–Trinajstić information content (AvgIpc) is 3.51. The number of rotatable bonds is 6. The van der Waals surface area contributed by atoms with Gasteiger partial charge >= 0.3 is 5.97 Å². The highest BCUT2D eigenvalue weighted by Crippen LogP contribution is 2.24. The minimum absolute atomic E-state index is 0.232. The number of esters is 1. The number of fused-ring (bicyclic) bond motifs is 1. The number of nitrogens with one attached hydrogen (secondary N) is 2. The number of piperazine rings is 1. The Kier molecular flexibility index (Phi) is 6.04. The van der Waals surface area contributed by atoms with E-state index in [4.69, 9.17) is 9.72 Å². The van der Waals surface area contributed by atoms with Crippen molar-refractivity contribution in [3.8, 4) is 0 Å². The summed E-state index contributed by atoms with van der Waals surface area (Å²) in [6, 6.07) is 14.8. The molecule has 0 radical (unpaired) electrons. The molecule has 0 spiro atoms. The Balaban J connectivity index is 1.32. The van der Waals surface area contributed by atoms with Gasteiger partial charge in [-0.2, -0.15) is 10.1 Å². The number of hydrogen-bond acceptors (Lipinski definition) is 8. The van der Waals surface area contributed by atoms with Gasteiger partial charge in [-0.1, -0.05) is 30.3 Å². The molecule has 4 heterocycles. The summed E-state index contributed by atoms with van der Waals surface area (Å²) in [5.41, 5.74) is 2.42. The molecule has 1 fully saturated rings. The summed E-state index contributed by atoms with van der Waals surface area (Å²) in [6.07, 6.45) is 0.908. The number of aromatic nitrogens is 5. The van der Waals surface area contributed by atoms with Gasteiger partial charge in [-0.3, -0.25) is 14.7 Å². The first-order valence-electron chi connectivity index (χ1n) is 11.4. The average molecular weight is 475 g/mol. The summed E-state index contributed by atoms with van der Waals surface area (Å²) < 4.78 is 7.16. The molecule has 11 nitrogen and oxygen atoms in total. The molecule has 1 unspecified atom stereocenters. The Morgan fingerprint density at radius 1 is 1.09 bits per heavy atom. The molecule has 0 saturated carbocycles. The number of amides is 1.